The lowest BCUT2D eigenvalue weighted by Gasteiger charge is -2.37. The minimum Gasteiger partial charge on any atom is -0.393 e. The van der Waals surface area contributed by atoms with E-state index in [1.807, 2.05) is 29.2 Å². The Kier molecular flexibility index (Phi) is 6.93. The van der Waals surface area contributed by atoms with Crippen LogP contribution in [-0.2, 0) is 16.1 Å². The van der Waals surface area contributed by atoms with Crippen molar-refractivity contribution in [2.45, 2.75) is 62.9 Å². The van der Waals surface area contributed by atoms with Crippen molar-refractivity contribution in [1.29, 1.82) is 0 Å². The number of carbonyl (C=O) groups excluding carboxylic acids is 2. The average molecular weight is 435 g/mol. The van der Waals surface area contributed by atoms with Gasteiger partial charge in [0.25, 0.3) is 0 Å². The first kappa shape index (κ1) is 21.6. The summed E-state index contributed by atoms with van der Waals surface area (Å²) in [6.45, 7) is 3.42. The van der Waals surface area contributed by atoms with E-state index in [2.05, 4.69) is 15.5 Å². The molecule has 0 aliphatic carbocycles. The van der Waals surface area contributed by atoms with Crippen LogP contribution in [0.2, 0.25) is 5.02 Å². The van der Waals surface area contributed by atoms with Gasteiger partial charge in [0, 0.05) is 56.3 Å². The minimum atomic E-state index is -0.274. The molecule has 30 heavy (non-hydrogen) atoms. The molecule has 0 spiro atoms. The van der Waals surface area contributed by atoms with Crippen molar-refractivity contribution in [3.05, 3.63) is 34.9 Å². The fourth-order valence-electron chi connectivity index (χ4n) is 4.86. The molecule has 7 nitrogen and oxygen atoms in total. The van der Waals surface area contributed by atoms with Crippen LogP contribution in [0.1, 0.15) is 37.7 Å². The standard InChI is InChI=1S/C22H31ClN4O3/c23-16-3-1-2-15(10-16)12-24-17-11-20-22(30)25-13-18(27(20)14-17)4-5-21(29)26-8-6-19(28)7-9-26/h1-3,10,17-20,24,28H,4-9,11-14H2,(H,25,30). The number of likely N-dealkylation sites (tertiary alicyclic amines) is 1. The maximum Gasteiger partial charge on any atom is 0.237 e. The van der Waals surface area contributed by atoms with Crippen molar-refractivity contribution in [1.82, 2.24) is 20.4 Å². The highest BCUT2D eigenvalue weighted by Crippen LogP contribution is 2.26. The molecule has 3 fully saturated rings. The molecule has 1 aromatic carbocycles. The van der Waals surface area contributed by atoms with Crippen LogP contribution in [0.15, 0.2) is 24.3 Å². The lowest BCUT2D eigenvalue weighted by molar-refractivity contribution is -0.134. The Morgan fingerprint density at radius 2 is 2.10 bits per heavy atom. The van der Waals surface area contributed by atoms with Gasteiger partial charge in [0.05, 0.1) is 12.1 Å². The minimum absolute atomic E-state index is 0.0923. The number of hydrogen-bond acceptors (Lipinski definition) is 5. The van der Waals surface area contributed by atoms with Gasteiger partial charge >= 0.3 is 0 Å². The van der Waals surface area contributed by atoms with E-state index < -0.39 is 0 Å². The van der Waals surface area contributed by atoms with Crippen LogP contribution in [0.25, 0.3) is 0 Å². The van der Waals surface area contributed by atoms with Crippen molar-refractivity contribution in [3.8, 4) is 0 Å². The zero-order chi connectivity index (χ0) is 21.1. The Morgan fingerprint density at radius 3 is 2.87 bits per heavy atom. The predicted octanol–water partition coefficient (Wildman–Crippen LogP) is 1.13. The van der Waals surface area contributed by atoms with E-state index in [0.29, 0.717) is 38.9 Å². The number of carbonyl (C=O) groups is 2. The fourth-order valence-corrected chi connectivity index (χ4v) is 5.08. The maximum atomic E-state index is 12.6. The van der Waals surface area contributed by atoms with Crippen LogP contribution in [0.3, 0.4) is 0 Å². The third-order valence-corrected chi connectivity index (χ3v) is 6.85. The number of fused-ring (bicyclic) bond motifs is 1. The Balaban J connectivity index is 1.29. The number of halogens is 1. The number of aliphatic hydroxyl groups is 1. The molecular weight excluding hydrogens is 404 g/mol. The van der Waals surface area contributed by atoms with Crippen molar-refractivity contribution >= 4 is 23.4 Å². The summed E-state index contributed by atoms with van der Waals surface area (Å²) >= 11 is 6.07. The SMILES string of the molecule is O=C1NCC(CCC(=O)N2CCC(O)CC2)N2CC(NCc3cccc(Cl)c3)CC12. The van der Waals surface area contributed by atoms with Crippen LogP contribution in [0.5, 0.6) is 0 Å². The molecule has 3 atom stereocenters. The summed E-state index contributed by atoms with van der Waals surface area (Å²) < 4.78 is 0. The number of nitrogens with zero attached hydrogens (tertiary/aromatic N) is 2. The molecular formula is C22H31ClN4O3. The summed E-state index contributed by atoms with van der Waals surface area (Å²) in [4.78, 5) is 29.1. The van der Waals surface area contributed by atoms with Crippen molar-refractivity contribution in [2.24, 2.45) is 0 Å². The number of piperazine rings is 1. The highest BCUT2D eigenvalue weighted by molar-refractivity contribution is 6.30. The number of hydrogen-bond donors (Lipinski definition) is 3. The normalized spacial score (nSPS) is 27.7. The molecule has 3 aliphatic heterocycles. The van der Waals surface area contributed by atoms with Gasteiger partial charge in [0.1, 0.15) is 0 Å². The van der Waals surface area contributed by atoms with Gasteiger partial charge in [-0.05, 0) is 43.4 Å². The predicted molar refractivity (Wildman–Crippen MR) is 115 cm³/mol. The first-order valence-corrected chi connectivity index (χ1v) is 11.3. The molecule has 4 rings (SSSR count). The second kappa shape index (κ2) is 9.64. The van der Waals surface area contributed by atoms with Crippen molar-refractivity contribution in [2.75, 3.05) is 26.2 Å². The lowest BCUT2D eigenvalue weighted by atomic mass is 10.0. The molecule has 3 N–H and O–H groups in total. The topological polar surface area (TPSA) is 84.9 Å². The molecule has 0 radical (unpaired) electrons. The van der Waals surface area contributed by atoms with Crippen LogP contribution in [0.4, 0.5) is 0 Å². The molecule has 3 aliphatic rings. The van der Waals surface area contributed by atoms with E-state index in [1.54, 1.807) is 0 Å². The van der Waals surface area contributed by atoms with E-state index in [-0.39, 0.29) is 36.0 Å². The van der Waals surface area contributed by atoms with Gasteiger partial charge in [-0.2, -0.15) is 0 Å². The van der Waals surface area contributed by atoms with Gasteiger partial charge in [0.15, 0.2) is 0 Å². The zero-order valence-corrected chi connectivity index (χ0v) is 18.0. The van der Waals surface area contributed by atoms with E-state index in [9.17, 15) is 14.7 Å². The molecule has 3 unspecified atom stereocenters. The molecule has 2 amide bonds. The van der Waals surface area contributed by atoms with E-state index >= 15 is 0 Å². The Morgan fingerprint density at radius 1 is 1.30 bits per heavy atom. The largest absolute Gasteiger partial charge is 0.393 e. The van der Waals surface area contributed by atoms with Crippen molar-refractivity contribution in [3.63, 3.8) is 0 Å². The summed E-state index contributed by atoms with van der Waals surface area (Å²) in [5.41, 5.74) is 1.13. The molecule has 0 aromatic heterocycles. The Bertz CT molecular complexity index is 769. The molecule has 164 valence electrons. The summed E-state index contributed by atoms with van der Waals surface area (Å²) in [6.07, 6.45) is 3.07. The number of nitrogens with one attached hydrogen (secondary N) is 2. The molecule has 8 heteroatoms. The number of aliphatic hydroxyl groups excluding tert-OH is 1. The Labute approximate surface area is 182 Å². The maximum absolute atomic E-state index is 12.6. The van der Waals surface area contributed by atoms with Crippen molar-refractivity contribution < 1.29 is 14.7 Å². The van der Waals surface area contributed by atoms with Gasteiger partial charge in [0.2, 0.25) is 11.8 Å². The molecule has 0 bridgehead atoms. The highest BCUT2D eigenvalue weighted by Gasteiger charge is 2.43. The summed E-state index contributed by atoms with van der Waals surface area (Å²) in [5, 5.41) is 16.9. The van der Waals surface area contributed by atoms with Gasteiger partial charge in [-0.25, -0.2) is 0 Å². The summed E-state index contributed by atoms with van der Waals surface area (Å²) in [5.74, 6) is 0.250. The van der Waals surface area contributed by atoms with Crippen LogP contribution >= 0.6 is 11.6 Å². The number of amides is 2. The highest BCUT2D eigenvalue weighted by atomic mass is 35.5. The van der Waals surface area contributed by atoms with Crippen LogP contribution in [0, 0.1) is 0 Å². The lowest BCUT2D eigenvalue weighted by Crippen LogP contribution is -2.58. The summed E-state index contributed by atoms with van der Waals surface area (Å²) in [6, 6.07) is 8.11. The Hall–Kier alpha value is -1.67. The van der Waals surface area contributed by atoms with Crippen LogP contribution < -0.4 is 10.6 Å². The zero-order valence-electron chi connectivity index (χ0n) is 17.2. The van der Waals surface area contributed by atoms with Gasteiger partial charge in [-0.15, -0.1) is 0 Å². The van der Waals surface area contributed by atoms with Gasteiger partial charge in [-0.3, -0.25) is 14.5 Å². The number of benzene rings is 1. The van der Waals surface area contributed by atoms with Crippen LogP contribution in [-0.4, -0.2) is 77.1 Å². The molecule has 3 heterocycles. The first-order chi connectivity index (χ1) is 14.5. The van der Waals surface area contributed by atoms with Gasteiger partial charge in [-0.1, -0.05) is 23.7 Å². The smallest absolute Gasteiger partial charge is 0.237 e. The monoisotopic (exact) mass is 434 g/mol. The third-order valence-electron chi connectivity index (χ3n) is 6.62. The number of piperidine rings is 1. The van der Waals surface area contributed by atoms with E-state index in [0.717, 1.165) is 36.5 Å². The van der Waals surface area contributed by atoms with Gasteiger partial charge < -0.3 is 20.6 Å². The molecule has 1 aromatic rings. The fraction of sp³-hybridized carbons (Fsp3) is 0.636. The molecule has 0 saturated carbocycles. The molecule has 3 saturated heterocycles. The second-order valence-corrected chi connectivity index (χ2v) is 9.14. The second-order valence-electron chi connectivity index (χ2n) is 8.71. The third kappa shape index (κ3) is 5.14. The first-order valence-electron chi connectivity index (χ1n) is 11.0. The average Bonchev–Trinajstić information content (AvgIpc) is 3.17. The quantitative estimate of drug-likeness (QED) is 0.625. The summed E-state index contributed by atoms with van der Waals surface area (Å²) in [7, 11) is 0. The number of rotatable bonds is 6. The van der Waals surface area contributed by atoms with E-state index in [4.69, 9.17) is 11.6 Å². The van der Waals surface area contributed by atoms with E-state index in [1.165, 1.54) is 0 Å².